The van der Waals surface area contributed by atoms with E-state index in [-0.39, 0.29) is 27.8 Å². The number of halogens is 1. The number of nitriles is 2. The number of carbonyl (C=O) groups excluding carboxylic acids is 1. The maximum absolute atomic E-state index is 13.2. The second-order valence-corrected chi connectivity index (χ2v) is 9.26. The molecule has 31 heavy (non-hydrogen) atoms. The molecule has 1 unspecified atom stereocenters. The summed E-state index contributed by atoms with van der Waals surface area (Å²) in [5.74, 6) is -0.0845. The molecule has 2 aromatic heterocycles. The zero-order valence-corrected chi connectivity index (χ0v) is 18.7. The molecule has 0 saturated heterocycles. The quantitative estimate of drug-likeness (QED) is 0.552. The van der Waals surface area contributed by atoms with Crippen LogP contribution in [0.1, 0.15) is 37.3 Å². The lowest BCUT2D eigenvalue weighted by atomic mass is 9.90. The highest BCUT2D eigenvalue weighted by atomic mass is 35.5. The van der Waals surface area contributed by atoms with Crippen molar-refractivity contribution in [1.82, 2.24) is 14.5 Å². The third-order valence-electron chi connectivity index (χ3n) is 4.53. The molecule has 0 bridgehead atoms. The van der Waals surface area contributed by atoms with Crippen LogP contribution in [0.15, 0.2) is 48.0 Å². The number of ketones is 1. The molecule has 2 heterocycles. The van der Waals surface area contributed by atoms with Crippen molar-refractivity contribution in [1.29, 1.82) is 10.5 Å². The van der Waals surface area contributed by atoms with Gasteiger partial charge in [-0.1, -0.05) is 56.3 Å². The van der Waals surface area contributed by atoms with E-state index in [0.717, 1.165) is 11.8 Å². The van der Waals surface area contributed by atoms with E-state index >= 15 is 0 Å². The number of anilines is 1. The Bertz CT molecular complexity index is 1200. The van der Waals surface area contributed by atoms with Gasteiger partial charge in [-0.15, -0.1) is 0 Å². The monoisotopic (exact) mass is 450 g/mol. The summed E-state index contributed by atoms with van der Waals surface area (Å²) in [5.41, 5.74) is 6.69. The van der Waals surface area contributed by atoms with Gasteiger partial charge in [0.05, 0.1) is 11.9 Å². The maximum Gasteiger partial charge on any atom is 0.171 e. The molecule has 0 aliphatic heterocycles. The summed E-state index contributed by atoms with van der Waals surface area (Å²) in [6.45, 7) is 5.47. The molecule has 156 valence electrons. The second kappa shape index (κ2) is 8.81. The normalized spacial score (nSPS) is 12.1. The number of hydrogen-bond donors (Lipinski definition) is 1. The fourth-order valence-corrected chi connectivity index (χ4v) is 4.38. The number of nitrogen functional groups attached to an aromatic ring is 1. The Morgan fingerprint density at radius 3 is 2.35 bits per heavy atom. The number of rotatable bonds is 5. The van der Waals surface area contributed by atoms with Gasteiger partial charge in [0, 0.05) is 28.4 Å². The van der Waals surface area contributed by atoms with E-state index < -0.39 is 10.8 Å². The van der Waals surface area contributed by atoms with Crippen LogP contribution < -0.4 is 5.73 Å². The molecule has 7 nitrogen and oxygen atoms in total. The van der Waals surface area contributed by atoms with Gasteiger partial charge >= 0.3 is 0 Å². The fraction of sp³-hybridized carbons (Fsp3) is 0.227. The molecular formula is C22H19ClN6OS. The van der Waals surface area contributed by atoms with Gasteiger partial charge in [-0.2, -0.15) is 10.5 Å². The average molecular weight is 451 g/mol. The first-order chi connectivity index (χ1) is 14.7. The van der Waals surface area contributed by atoms with Crippen LogP contribution in [0.25, 0.3) is 11.1 Å². The molecule has 0 spiro atoms. The Labute approximate surface area is 189 Å². The molecule has 9 heteroatoms. The van der Waals surface area contributed by atoms with Gasteiger partial charge < -0.3 is 10.3 Å². The Morgan fingerprint density at radius 1 is 1.19 bits per heavy atom. The molecule has 3 aromatic rings. The lowest BCUT2D eigenvalue weighted by Crippen LogP contribution is -2.28. The predicted octanol–water partition coefficient (Wildman–Crippen LogP) is 4.83. The van der Waals surface area contributed by atoms with Crippen LogP contribution in [-0.4, -0.2) is 20.3 Å². The van der Waals surface area contributed by atoms with Gasteiger partial charge in [-0.25, -0.2) is 9.97 Å². The van der Waals surface area contributed by atoms with Gasteiger partial charge in [0.25, 0.3) is 0 Å². The smallest absolute Gasteiger partial charge is 0.171 e. The highest BCUT2D eigenvalue weighted by Gasteiger charge is 2.33. The van der Waals surface area contributed by atoms with E-state index in [1.807, 2.05) is 26.8 Å². The number of pyridine rings is 1. The first-order valence-corrected chi connectivity index (χ1v) is 10.5. The lowest BCUT2D eigenvalue weighted by molar-refractivity contribution is -0.127. The van der Waals surface area contributed by atoms with Crippen molar-refractivity contribution in [3.63, 3.8) is 0 Å². The van der Waals surface area contributed by atoms with Gasteiger partial charge in [0.1, 0.15) is 33.9 Å². The summed E-state index contributed by atoms with van der Waals surface area (Å²) in [6, 6.07) is 10.9. The summed E-state index contributed by atoms with van der Waals surface area (Å²) >= 11 is 7.10. The van der Waals surface area contributed by atoms with Crippen molar-refractivity contribution >= 4 is 35.0 Å². The van der Waals surface area contributed by atoms with Crippen molar-refractivity contribution in [3.8, 4) is 23.3 Å². The highest BCUT2D eigenvalue weighted by Crippen LogP contribution is 2.42. The van der Waals surface area contributed by atoms with Crippen LogP contribution in [0.5, 0.6) is 0 Å². The third-order valence-corrected chi connectivity index (χ3v) is 5.98. The summed E-state index contributed by atoms with van der Waals surface area (Å²) < 4.78 is 1.66. The van der Waals surface area contributed by atoms with Crippen molar-refractivity contribution in [2.45, 2.75) is 31.2 Å². The van der Waals surface area contributed by atoms with Crippen LogP contribution in [0.2, 0.25) is 5.02 Å². The third kappa shape index (κ3) is 4.56. The van der Waals surface area contributed by atoms with Crippen molar-refractivity contribution in [2.75, 3.05) is 5.73 Å². The molecule has 0 saturated carbocycles. The fourth-order valence-electron chi connectivity index (χ4n) is 2.92. The molecule has 1 aromatic carbocycles. The van der Waals surface area contributed by atoms with Gasteiger partial charge in [-0.3, -0.25) is 4.79 Å². The minimum absolute atomic E-state index is 0.0125. The van der Waals surface area contributed by atoms with Crippen LogP contribution in [0.4, 0.5) is 5.82 Å². The first-order valence-electron chi connectivity index (χ1n) is 9.25. The first kappa shape index (κ1) is 22.4. The van der Waals surface area contributed by atoms with Crippen LogP contribution in [0, 0.1) is 28.1 Å². The largest absolute Gasteiger partial charge is 0.383 e. The number of aromatic nitrogens is 3. The predicted molar refractivity (Wildman–Crippen MR) is 120 cm³/mol. The van der Waals surface area contributed by atoms with E-state index in [9.17, 15) is 15.3 Å². The second-order valence-electron chi connectivity index (χ2n) is 7.75. The molecule has 0 fully saturated rings. The van der Waals surface area contributed by atoms with E-state index in [0.29, 0.717) is 16.1 Å². The topological polar surface area (TPSA) is 121 Å². The molecule has 0 radical (unpaired) electrons. The minimum atomic E-state index is -0.715. The van der Waals surface area contributed by atoms with E-state index in [4.69, 9.17) is 17.3 Å². The molecular weight excluding hydrogens is 432 g/mol. The molecule has 0 aliphatic carbocycles. The number of hydrogen-bond acceptors (Lipinski definition) is 7. The summed E-state index contributed by atoms with van der Waals surface area (Å²) in [7, 11) is 0. The Balaban J connectivity index is 2.21. The number of thioether (sulfide) groups is 1. The molecule has 2 N–H and O–H groups in total. The van der Waals surface area contributed by atoms with Crippen molar-refractivity contribution in [2.24, 2.45) is 5.41 Å². The molecule has 0 aliphatic rings. The average Bonchev–Trinajstić information content (AvgIpc) is 3.25. The molecule has 1 atom stereocenters. The van der Waals surface area contributed by atoms with Gasteiger partial charge in [-0.05, 0) is 17.7 Å². The molecule has 3 rings (SSSR count). The minimum Gasteiger partial charge on any atom is -0.383 e. The number of nitrogens with two attached hydrogens (primary N) is 1. The van der Waals surface area contributed by atoms with Crippen LogP contribution in [0.3, 0.4) is 0 Å². The van der Waals surface area contributed by atoms with E-state index in [1.54, 1.807) is 47.6 Å². The summed E-state index contributed by atoms with van der Waals surface area (Å²) in [6.07, 6.45) is 4.80. The van der Waals surface area contributed by atoms with Crippen LogP contribution >= 0.6 is 23.4 Å². The standard InChI is InChI=1S/C22H19ClN6OS/c1-22(2,3)18(30)21(29-9-8-27-12-29)31-20-16(11-25)17(15(10-24)19(26)28-20)13-4-6-14(23)7-5-13/h4-9,12,21H,1-3H3,(H2,26,28). The SMILES string of the molecule is CC(C)(C)C(=O)C(Sc1nc(N)c(C#N)c(-c2ccc(Cl)cc2)c1C#N)n1ccnc1. The van der Waals surface area contributed by atoms with Crippen molar-refractivity contribution in [3.05, 3.63) is 59.1 Å². The summed E-state index contributed by atoms with van der Waals surface area (Å²) in [5, 5.41) is 19.7. The van der Waals surface area contributed by atoms with Gasteiger partial charge in [0.2, 0.25) is 0 Å². The number of imidazole rings is 1. The van der Waals surface area contributed by atoms with Crippen molar-refractivity contribution < 1.29 is 4.79 Å². The Kier molecular flexibility index (Phi) is 6.35. The zero-order valence-electron chi connectivity index (χ0n) is 17.1. The number of Topliss-reactive ketones (excluding diaryl/α,β-unsaturated/α-hetero) is 1. The van der Waals surface area contributed by atoms with Gasteiger partial charge in [0.15, 0.2) is 5.78 Å². The maximum atomic E-state index is 13.2. The lowest BCUT2D eigenvalue weighted by Gasteiger charge is -2.25. The number of carbonyl (C=O) groups is 1. The van der Waals surface area contributed by atoms with Crippen LogP contribution in [-0.2, 0) is 4.79 Å². The van der Waals surface area contributed by atoms with E-state index in [1.165, 1.54) is 0 Å². The van der Waals surface area contributed by atoms with E-state index in [2.05, 4.69) is 16.0 Å². The Hall–Kier alpha value is -3.33. The molecule has 0 amide bonds. The highest BCUT2D eigenvalue weighted by molar-refractivity contribution is 8.00. The summed E-state index contributed by atoms with van der Waals surface area (Å²) in [4.78, 5) is 21.5. The number of nitrogens with zero attached hydrogens (tertiary/aromatic N) is 5. The number of benzene rings is 1. The Morgan fingerprint density at radius 2 is 1.84 bits per heavy atom. The zero-order chi connectivity index (χ0) is 22.8.